The van der Waals surface area contributed by atoms with Gasteiger partial charge in [-0.25, -0.2) is 0 Å². The Labute approximate surface area is 112 Å². The number of hydrogen-bond donors (Lipinski definition) is 1. The summed E-state index contributed by atoms with van der Waals surface area (Å²) in [4.78, 5) is 0. The normalized spacial score (nSPS) is 10.8. The molecule has 0 aliphatic rings. The SMILES string of the molecule is COc1ccc(/C(C#N)=C\c2cccc(O)c2)cc1. The van der Waals surface area contributed by atoms with Crippen molar-refractivity contribution in [1.29, 1.82) is 5.26 Å². The van der Waals surface area contributed by atoms with Gasteiger partial charge < -0.3 is 9.84 Å². The van der Waals surface area contributed by atoms with Crippen LogP contribution >= 0.6 is 0 Å². The molecule has 3 heteroatoms. The maximum Gasteiger partial charge on any atom is 0.118 e. The monoisotopic (exact) mass is 251 g/mol. The van der Waals surface area contributed by atoms with Gasteiger partial charge in [0.05, 0.1) is 18.8 Å². The van der Waals surface area contributed by atoms with Crippen LogP contribution in [0.3, 0.4) is 0 Å². The van der Waals surface area contributed by atoms with Crippen LogP contribution in [-0.2, 0) is 0 Å². The van der Waals surface area contributed by atoms with Crippen LogP contribution in [0.2, 0.25) is 0 Å². The molecule has 94 valence electrons. The summed E-state index contributed by atoms with van der Waals surface area (Å²) in [6.07, 6.45) is 1.74. The predicted octanol–water partition coefficient (Wildman–Crippen LogP) is 3.46. The average Bonchev–Trinajstić information content (AvgIpc) is 2.45. The Balaban J connectivity index is 2.36. The molecule has 3 nitrogen and oxygen atoms in total. The van der Waals surface area contributed by atoms with Gasteiger partial charge in [-0.2, -0.15) is 5.26 Å². The largest absolute Gasteiger partial charge is 0.508 e. The van der Waals surface area contributed by atoms with Crippen molar-refractivity contribution in [2.24, 2.45) is 0 Å². The molecule has 0 heterocycles. The summed E-state index contributed by atoms with van der Waals surface area (Å²) >= 11 is 0. The smallest absolute Gasteiger partial charge is 0.118 e. The zero-order valence-corrected chi connectivity index (χ0v) is 10.5. The summed E-state index contributed by atoms with van der Waals surface area (Å²) in [5.74, 6) is 0.930. The van der Waals surface area contributed by atoms with Crippen molar-refractivity contribution in [1.82, 2.24) is 0 Å². The van der Waals surface area contributed by atoms with E-state index in [4.69, 9.17) is 4.74 Å². The number of allylic oxidation sites excluding steroid dienone is 1. The third-order valence-corrected chi connectivity index (χ3v) is 2.70. The minimum atomic E-state index is 0.181. The Kier molecular flexibility index (Phi) is 3.84. The standard InChI is InChI=1S/C16H13NO2/c1-19-16-7-5-13(6-8-16)14(11-17)9-12-3-2-4-15(18)10-12/h2-10,18H,1H3/b14-9-. The van der Waals surface area contributed by atoms with Gasteiger partial charge in [-0.05, 0) is 53.6 Å². The Bertz CT molecular complexity index is 637. The molecule has 0 saturated heterocycles. The molecule has 2 rings (SSSR count). The molecule has 0 radical (unpaired) electrons. The third kappa shape index (κ3) is 3.14. The number of phenols is 1. The number of ether oxygens (including phenoxy) is 1. The molecule has 0 bridgehead atoms. The van der Waals surface area contributed by atoms with Crippen molar-refractivity contribution in [2.75, 3.05) is 7.11 Å². The van der Waals surface area contributed by atoms with Gasteiger partial charge in [-0.15, -0.1) is 0 Å². The maximum absolute atomic E-state index is 9.41. The first-order valence-electron chi connectivity index (χ1n) is 5.78. The fourth-order valence-electron chi connectivity index (χ4n) is 1.73. The van der Waals surface area contributed by atoms with Gasteiger partial charge >= 0.3 is 0 Å². The molecule has 0 unspecified atom stereocenters. The molecule has 0 spiro atoms. The Morgan fingerprint density at radius 1 is 1.21 bits per heavy atom. The van der Waals surface area contributed by atoms with E-state index in [1.807, 2.05) is 30.3 Å². The highest BCUT2D eigenvalue weighted by atomic mass is 16.5. The highest BCUT2D eigenvalue weighted by Gasteiger charge is 2.02. The third-order valence-electron chi connectivity index (χ3n) is 2.70. The van der Waals surface area contributed by atoms with Gasteiger partial charge in [-0.1, -0.05) is 12.1 Å². The molecule has 0 fully saturated rings. The molecule has 1 N–H and O–H groups in total. The number of phenolic OH excluding ortho intramolecular Hbond substituents is 1. The molecule has 2 aromatic rings. The summed E-state index contributed by atoms with van der Waals surface area (Å²) in [7, 11) is 1.60. The molecule has 0 amide bonds. The van der Waals surface area contributed by atoms with Crippen LogP contribution in [0.4, 0.5) is 0 Å². The summed E-state index contributed by atoms with van der Waals surface area (Å²) in [6, 6.07) is 16.2. The maximum atomic E-state index is 9.41. The number of aromatic hydroxyl groups is 1. The van der Waals surface area contributed by atoms with Crippen molar-refractivity contribution in [2.45, 2.75) is 0 Å². The van der Waals surface area contributed by atoms with Crippen LogP contribution in [-0.4, -0.2) is 12.2 Å². The highest BCUT2D eigenvalue weighted by Crippen LogP contribution is 2.22. The first kappa shape index (κ1) is 12.7. The lowest BCUT2D eigenvalue weighted by Crippen LogP contribution is -1.85. The van der Waals surface area contributed by atoms with Gasteiger partial charge in [0.25, 0.3) is 0 Å². The summed E-state index contributed by atoms with van der Waals surface area (Å²) in [6.45, 7) is 0. The minimum Gasteiger partial charge on any atom is -0.508 e. The van der Waals surface area contributed by atoms with Crippen LogP contribution in [0.5, 0.6) is 11.5 Å². The predicted molar refractivity (Wildman–Crippen MR) is 74.6 cm³/mol. The van der Waals surface area contributed by atoms with E-state index in [9.17, 15) is 10.4 Å². The molecular weight excluding hydrogens is 238 g/mol. The molecule has 0 aliphatic carbocycles. The van der Waals surface area contributed by atoms with E-state index in [0.29, 0.717) is 5.57 Å². The number of hydrogen-bond acceptors (Lipinski definition) is 3. The molecular formula is C16H13NO2. The number of nitriles is 1. The molecule has 2 aromatic carbocycles. The number of benzene rings is 2. The van der Waals surface area contributed by atoms with E-state index in [0.717, 1.165) is 16.9 Å². The zero-order valence-electron chi connectivity index (χ0n) is 10.5. The quantitative estimate of drug-likeness (QED) is 0.671. The fourth-order valence-corrected chi connectivity index (χ4v) is 1.73. The summed E-state index contributed by atoms with van der Waals surface area (Å²) in [5.41, 5.74) is 2.13. The Morgan fingerprint density at radius 3 is 2.53 bits per heavy atom. The topological polar surface area (TPSA) is 53.2 Å². The van der Waals surface area contributed by atoms with E-state index >= 15 is 0 Å². The van der Waals surface area contributed by atoms with E-state index in [2.05, 4.69) is 6.07 Å². The first-order valence-corrected chi connectivity index (χ1v) is 5.78. The summed E-state index contributed by atoms with van der Waals surface area (Å²) in [5, 5.41) is 18.6. The second kappa shape index (κ2) is 5.74. The average molecular weight is 251 g/mol. The van der Waals surface area contributed by atoms with Crippen LogP contribution in [0.25, 0.3) is 11.6 Å². The van der Waals surface area contributed by atoms with Gasteiger partial charge in [0.15, 0.2) is 0 Å². The van der Waals surface area contributed by atoms with Crippen molar-refractivity contribution in [3.63, 3.8) is 0 Å². The summed E-state index contributed by atoms with van der Waals surface area (Å²) < 4.78 is 5.08. The molecule has 0 atom stereocenters. The first-order chi connectivity index (χ1) is 9.22. The lowest BCUT2D eigenvalue weighted by atomic mass is 10.0. The van der Waals surface area contributed by atoms with Crippen LogP contribution in [0, 0.1) is 11.3 Å². The molecule has 0 saturated carbocycles. The lowest BCUT2D eigenvalue weighted by Gasteiger charge is -2.02. The second-order valence-electron chi connectivity index (χ2n) is 3.99. The lowest BCUT2D eigenvalue weighted by molar-refractivity contribution is 0.415. The van der Waals surface area contributed by atoms with Crippen molar-refractivity contribution < 1.29 is 9.84 Å². The molecule has 0 aliphatic heterocycles. The second-order valence-corrected chi connectivity index (χ2v) is 3.99. The number of methoxy groups -OCH3 is 1. The van der Waals surface area contributed by atoms with Crippen molar-refractivity contribution >= 4 is 11.6 Å². The number of rotatable bonds is 3. The molecule has 0 aromatic heterocycles. The van der Waals surface area contributed by atoms with Crippen LogP contribution < -0.4 is 4.74 Å². The van der Waals surface area contributed by atoms with Crippen LogP contribution in [0.1, 0.15) is 11.1 Å². The van der Waals surface area contributed by atoms with E-state index in [-0.39, 0.29) is 5.75 Å². The minimum absolute atomic E-state index is 0.181. The van der Waals surface area contributed by atoms with Gasteiger partial charge in [0.1, 0.15) is 11.5 Å². The van der Waals surface area contributed by atoms with Gasteiger partial charge in [0.2, 0.25) is 0 Å². The van der Waals surface area contributed by atoms with Gasteiger partial charge in [-0.3, -0.25) is 0 Å². The Hall–Kier alpha value is -2.73. The zero-order chi connectivity index (χ0) is 13.7. The molecule has 19 heavy (non-hydrogen) atoms. The van der Waals surface area contributed by atoms with Gasteiger partial charge in [0, 0.05) is 0 Å². The van der Waals surface area contributed by atoms with E-state index < -0.39 is 0 Å². The fraction of sp³-hybridized carbons (Fsp3) is 0.0625. The Morgan fingerprint density at radius 2 is 1.95 bits per heavy atom. The van der Waals surface area contributed by atoms with E-state index in [1.165, 1.54) is 0 Å². The van der Waals surface area contributed by atoms with E-state index in [1.54, 1.807) is 31.4 Å². The van der Waals surface area contributed by atoms with Crippen molar-refractivity contribution in [3.05, 3.63) is 59.7 Å². The van der Waals surface area contributed by atoms with Crippen LogP contribution in [0.15, 0.2) is 48.5 Å². The highest BCUT2D eigenvalue weighted by molar-refractivity contribution is 5.89. The number of nitrogens with zero attached hydrogens (tertiary/aromatic N) is 1. The van der Waals surface area contributed by atoms with Crippen molar-refractivity contribution in [3.8, 4) is 17.6 Å².